The van der Waals surface area contributed by atoms with E-state index in [-0.39, 0.29) is 32.5 Å². The fraction of sp³-hybridized carbons (Fsp3) is 0.733. The Kier molecular flexibility index (Phi) is 7.82. The van der Waals surface area contributed by atoms with Crippen LogP contribution in [-0.4, -0.2) is 4.89 Å². The van der Waals surface area contributed by atoms with Crippen LogP contribution in [0.4, 0.5) is 0 Å². The highest BCUT2D eigenvalue weighted by atomic mass is 31.2. The van der Waals surface area contributed by atoms with Gasteiger partial charge in [0.15, 0.2) is 0 Å². The summed E-state index contributed by atoms with van der Waals surface area (Å²) in [5, 5.41) is 0. The van der Waals surface area contributed by atoms with Crippen molar-refractivity contribution in [2.75, 3.05) is 0 Å². The smallest absolute Gasteiger partial charge is 0.418 e. The zero-order chi connectivity index (χ0) is 26.5. The average Bonchev–Trinajstić information content (AvgIpc) is 2.61. The van der Waals surface area contributed by atoms with E-state index in [1.807, 2.05) is 0 Å². The molecule has 0 saturated carbocycles. The fourth-order valence-electron chi connectivity index (χ4n) is 4.40. The van der Waals surface area contributed by atoms with Crippen molar-refractivity contribution in [3.63, 3.8) is 0 Å². The molecule has 0 radical (unpaired) electrons. The zero-order valence-corrected chi connectivity index (χ0v) is 25.3. The lowest BCUT2D eigenvalue weighted by Crippen LogP contribution is -2.35. The molecule has 2 unspecified atom stereocenters. The van der Waals surface area contributed by atoms with Crippen LogP contribution < -0.4 is 0 Å². The Morgan fingerprint density at radius 3 is 1.18 bits per heavy atom. The minimum atomic E-state index is -2.11. The van der Waals surface area contributed by atoms with Crippen LogP contribution in [0.1, 0.15) is 110 Å². The first-order valence-electron chi connectivity index (χ1n) is 12.7. The third-order valence-electron chi connectivity index (χ3n) is 8.48. The van der Waals surface area contributed by atoms with Gasteiger partial charge in [0.2, 0.25) is 0 Å². The maximum absolute atomic E-state index is 11.0. The summed E-state index contributed by atoms with van der Waals surface area (Å²) < 4.78 is 12.3. The van der Waals surface area contributed by atoms with Gasteiger partial charge >= 0.3 is 8.60 Å². The maximum atomic E-state index is 11.0. The van der Waals surface area contributed by atoms with E-state index in [0.29, 0.717) is 0 Å². The van der Waals surface area contributed by atoms with E-state index in [2.05, 4.69) is 121 Å². The van der Waals surface area contributed by atoms with Crippen LogP contribution in [0.3, 0.4) is 0 Å². The molecular weight excluding hydrogens is 439 g/mol. The second-order valence-corrected chi connectivity index (χ2v) is 15.8. The quantitative estimate of drug-likeness (QED) is 0.398. The summed E-state index contributed by atoms with van der Waals surface area (Å²) in [7, 11) is -2.11. The Balaban J connectivity index is 2.35. The maximum Gasteiger partial charge on any atom is 0.460 e. The van der Waals surface area contributed by atoms with Crippen molar-refractivity contribution in [2.24, 2.45) is 32.5 Å². The lowest BCUT2D eigenvalue weighted by atomic mass is 9.60. The van der Waals surface area contributed by atoms with Gasteiger partial charge in [-0.1, -0.05) is 109 Å². The van der Waals surface area contributed by atoms with E-state index < -0.39 is 8.60 Å². The van der Waals surface area contributed by atoms with Gasteiger partial charge in [-0.25, -0.2) is 0 Å². The summed E-state index contributed by atoms with van der Waals surface area (Å²) in [6, 6.07) is 0. The fourth-order valence-corrected chi connectivity index (χ4v) is 5.12. The first-order chi connectivity index (χ1) is 15.0. The predicted molar refractivity (Wildman–Crippen MR) is 147 cm³/mol. The van der Waals surface area contributed by atoms with Gasteiger partial charge in [0, 0.05) is 0 Å². The molecule has 34 heavy (non-hydrogen) atoms. The minimum absolute atomic E-state index is 0.0208. The monoisotopic (exact) mass is 490 g/mol. The summed E-state index contributed by atoms with van der Waals surface area (Å²) in [5.74, 6) is 1.50. The molecule has 0 heterocycles. The Morgan fingerprint density at radius 1 is 0.647 bits per heavy atom. The van der Waals surface area contributed by atoms with E-state index in [0.717, 1.165) is 24.4 Å². The van der Waals surface area contributed by atoms with Gasteiger partial charge in [-0.15, -0.1) is 0 Å². The van der Waals surface area contributed by atoms with Crippen LogP contribution >= 0.6 is 8.60 Å². The molecule has 2 aliphatic carbocycles. The molecule has 1 N–H and O–H groups in total. The largest absolute Gasteiger partial charge is 0.460 e. The van der Waals surface area contributed by atoms with Gasteiger partial charge in [-0.3, -0.25) is 0 Å². The van der Waals surface area contributed by atoms with Crippen LogP contribution in [0.2, 0.25) is 0 Å². The normalized spacial score (nSPS) is 27.9. The molecule has 0 saturated heterocycles. The number of hydrogen-bond acceptors (Lipinski definition) is 3. The van der Waals surface area contributed by atoms with E-state index in [1.54, 1.807) is 0 Å². The predicted octanol–water partition coefficient (Wildman–Crippen LogP) is 9.86. The van der Waals surface area contributed by atoms with E-state index >= 15 is 0 Å². The van der Waals surface area contributed by atoms with Crippen LogP contribution in [0, 0.1) is 32.5 Å². The highest BCUT2D eigenvalue weighted by molar-refractivity contribution is 7.40. The molecule has 4 heteroatoms. The van der Waals surface area contributed by atoms with Crippen LogP contribution in [0.15, 0.2) is 47.0 Å². The van der Waals surface area contributed by atoms with Gasteiger partial charge in [0.1, 0.15) is 11.5 Å². The van der Waals surface area contributed by atoms with Gasteiger partial charge in [0.25, 0.3) is 0 Å². The van der Waals surface area contributed by atoms with Crippen LogP contribution in [-0.2, 0) is 9.05 Å². The molecule has 0 fully saturated rings. The molecule has 194 valence electrons. The molecule has 0 aromatic carbocycles. The molecule has 2 rings (SSSR count). The Bertz CT molecular complexity index is 819. The summed E-state index contributed by atoms with van der Waals surface area (Å²) in [4.78, 5) is 11.0. The summed E-state index contributed by atoms with van der Waals surface area (Å²) in [5.41, 5.74) is 2.58. The first kappa shape index (κ1) is 29.2. The van der Waals surface area contributed by atoms with Gasteiger partial charge in [-0.2, -0.15) is 0 Å². The Labute approximate surface area is 211 Å². The van der Waals surface area contributed by atoms with E-state index in [1.165, 1.54) is 11.1 Å². The summed E-state index contributed by atoms with van der Waals surface area (Å²) in [6.45, 7) is 31.6. The highest BCUT2D eigenvalue weighted by Gasteiger charge is 2.43. The van der Waals surface area contributed by atoms with Gasteiger partial charge in [0.05, 0.1) is 0 Å². The molecule has 0 amide bonds. The SMILES string of the molecule is CC(C)(C)C1=C(OP(O)OC2=C(C(C)(C)C)CC(C)(C(C)(C)C)C=C2)C=CC(C)(C(C)(C)C)C1. The van der Waals surface area contributed by atoms with Crippen molar-refractivity contribution >= 4 is 8.60 Å². The van der Waals surface area contributed by atoms with Crippen molar-refractivity contribution in [1.29, 1.82) is 0 Å². The van der Waals surface area contributed by atoms with Crippen LogP contribution in [0.25, 0.3) is 0 Å². The first-order valence-corrected chi connectivity index (χ1v) is 13.8. The zero-order valence-electron chi connectivity index (χ0n) is 24.4. The number of hydrogen-bond donors (Lipinski definition) is 1. The van der Waals surface area contributed by atoms with E-state index in [4.69, 9.17) is 9.05 Å². The van der Waals surface area contributed by atoms with Crippen molar-refractivity contribution in [3.05, 3.63) is 47.0 Å². The lowest BCUT2D eigenvalue weighted by molar-refractivity contribution is 0.148. The standard InChI is InChI=1S/C30H51O3P/c1-25(2,3)21-19-29(13,27(7,8)9)17-15-23(21)32-34(31)33-24-16-18-30(14,28(10,11)12)20-22(24)26(4,5)6/h15-18,31H,19-20H2,1-14H3. The van der Waals surface area contributed by atoms with Crippen molar-refractivity contribution in [1.82, 2.24) is 0 Å². The van der Waals surface area contributed by atoms with Gasteiger partial charge < -0.3 is 13.9 Å². The minimum Gasteiger partial charge on any atom is -0.418 e. The molecule has 2 atom stereocenters. The summed E-state index contributed by atoms with van der Waals surface area (Å²) in [6.07, 6.45) is 10.4. The number of rotatable bonds is 4. The molecule has 0 aliphatic heterocycles. The molecule has 0 aromatic rings. The van der Waals surface area contributed by atoms with Crippen LogP contribution in [0.5, 0.6) is 0 Å². The second kappa shape index (κ2) is 9.11. The van der Waals surface area contributed by atoms with E-state index in [9.17, 15) is 4.89 Å². The van der Waals surface area contributed by atoms with Crippen molar-refractivity contribution in [3.8, 4) is 0 Å². The molecule has 0 spiro atoms. The van der Waals surface area contributed by atoms with Crippen molar-refractivity contribution in [2.45, 2.75) is 110 Å². The molecule has 0 bridgehead atoms. The molecule has 3 nitrogen and oxygen atoms in total. The third kappa shape index (κ3) is 6.19. The van der Waals surface area contributed by atoms with Crippen molar-refractivity contribution < 1.29 is 13.9 Å². The molecular formula is C30H51O3P. The Hall–Kier alpha value is -1.05. The lowest BCUT2D eigenvalue weighted by Gasteiger charge is -2.45. The van der Waals surface area contributed by atoms with Gasteiger partial charge in [-0.05, 0) is 68.6 Å². The average molecular weight is 491 g/mol. The Morgan fingerprint density at radius 2 is 0.941 bits per heavy atom. The topological polar surface area (TPSA) is 38.7 Å². The number of allylic oxidation sites excluding steroid dienone is 6. The molecule has 2 aliphatic rings. The highest BCUT2D eigenvalue weighted by Crippen LogP contribution is 2.55. The third-order valence-corrected chi connectivity index (χ3v) is 9.18. The summed E-state index contributed by atoms with van der Waals surface area (Å²) >= 11 is 0. The molecule has 0 aromatic heterocycles. The second-order valence-electron chi connectivity index (χ2n) is 15.0.